The molecule has 0 saturated carbocycles. The normalized spacial score (nSPS) is 11.0. The molecule has 3 heterocycles. The van der Waals surface area contributed by atoms with Gasteiger partial charge >= 0.3 is 0 Å². The molecule has 4 aromatic rings. The van der Waals surface area contributed by atoms with Gasteiger partial charge in [0.2, 0.25) is 11.7 Å². The van der Waals surface area contributed by atoms with E-state index in [-0.39, 0.29) is 0 Å². The van der Waals surface area contributed by atoms with Crippen LogP contribution in [0.15, 0.2) is 56.8 Å². The van der Waals surface area contributed by atoms with Gasteiger partial charge in [-0.2, -0.15) is 4.98 Å². The van der Waals surface area contributed by atoms with Gasteiger partial charge in [0, 0.05) is 7.05 Å². The lowest BCUT2D eigenvalue weighted by molar-refractivity contribution is 0.390. The Hall–Kier alpha value is -3.07. The number of ether oxygens (including phenoxy) is 1. The van der Waals surface area contributed by atoms with E-state index >= 15 is 0 Å². The molecule has 26 heavy (non-hydrogen) atoms. The SMILES string of the molecule is COc1ccccc1-c1noc(CSc2nnc(-c3ccco3)n2C)n1. The third kappa shape index (κ3) is 3.08. The van der Waals surface area contributed by atoms with E-state index in [9.17, 15) is 0 Å². The van der Waals surface area contributed by atoms with Crippen molar-refractivity contribution in [2.24, 2.45) is 7.05 Å². The van der Waals surface area contributed by atoms with Crippen molar-refractivity contribution in [3.8, 4) is 28.7 Å². The molecular formula is C17H15N5O3S. The highest BCUT2D eigenvalue weighted by atomic mass is 32.2. The van der Waals surface area contributed by atoms with Gasteiger partial charge in [-0.05, 0) is 24.3 Å². The number of para-hydroxylation sites is 1. The van der Waals surface area contributed by atoms with Crippen molar-refractivity contribution >= 4 is 11.8 Å². The van der Waals surface area contributed by atoms with Gasteiger partial charge in [-0.15, -0.1) is 10.2 Å². The highest BCUT2D eigenvalue weighted by Gasteiger charge is 2.16. The van der Waals surface area contributed by atoms with Crippen molar-refractivity contribution in [1.82, 2.24) is 24.9 Å². The lowest BCUT2D eigenvalue weighted by Gasteiger charge is -2.03. The maximum atomic E-state index is 5.37. The van der Waals surface area contributed by atoms with Gasteiger partial charge in [-0.3, -0.25) is 0 Å². The Bertz CT molecular complexity index is 1010. The number of rotatable bonds is 6. The summed E-state index contributed by atoms with van der Waals surface area (Å²) in [5, 5.41) is 13.1. The number of hydrogen-bond donors (Lipinski definition) is 0. The largest absolute Gasteiger partial charge is 0.496 e. The van der Waals surface area contributed by atoms with Gasteiger partial charge in [-0.1, -0.05) is 29.1 Å². The van der Waals surface area contributed by atoms with Crippen LogP contribution in [-0.4, -0.2) is 32.0 Å². The molecule has 3 aromatic heterocycles. The zero-order valence-corrected chi connectivity index (χ0v) is 14.9. The zero-order valence-electron chi connectivity index (χ0n) is 14.1. The van der Waals surface area contributed by atoms with Crippen LogP contribution in [0.25, 0.3) is 23.0 Å². The quantitative estimate of drug-likeness (QED) is 0.477. The van der Waals surface area contributed by atoms with Crippen LogP contribution in [0.5, 0.6) is 5.75 Å². The monoisotopic (exact) mass is 369 g/mol. The first-order chi connectivity index (χ1) is 12.8. The second-order valence-corrected chi connectivity index (χ2v) is 6.29. The highest BCUT2D eigenvalue weighted by molar-refractivity contribution is 7.98. The fourth-order valence-corrected chi connectivity index (χ4v) is 3.19. The zero-order chi connectivity index (χ0) is 17.9. The Kier molecular flexibility index (Phi) is 4.44. The predicted molar refractivity (Wildman–Crippen MR) is 94.6 cm³/mol. The highest BCUT2D eigenvalue weighted by Crippen LogP contribution is 2.29. The maximum absolute atomic E-state index is 5.37. The molecule has 0 aliphatic heterocycles. The molecule has 1 aromatic carbocycles. The molecule has 0 radical (unpaired) electrons. The van der Waals surface area contributed by atoms with Gasteiger partial charge < -0.3 is 18.2 Å². The topological polar surface area (TPSA) is 92.0 Å². The molecule has 0 atom stereocenters. The first kappa shape index (κ1) is 16.4. The van der Waals surface area contributed by atoms with E-state index in [0.29, 0.717) is 34.8 Å². The number of aromatic nitrogens is 5. The summed E-state index contributed by atoms with van der Waals surface area (Å²) >= 11 is 1.46. The van der Waals surface area contributed by atoms with Crippen molar-refractivity contribution in [3.05, 3.63) is 48.6 Å². The number of benzene rings is 1. The average Bonchev–Trinajstić information content (AvgIpc) is 3.41. The van der Waals surface area contributed by atoms with Gasteiger partial charge in [0.25, 0.3) is 0 Å². The lowest BCUT2D eigenvalue weighted by atomic mass is 10.2. The maximum Gasteiger partial charge on any atom is 0.237 e. The molecule has 0 bridgehead atoms. The Balaban J connectivity index is 1.49. The van der Waals surface area contributed by atoms with Crippen molar-refractivity contribution < 1.29 is 13.7 Å². The number of furan rings is 1. The van der Waals surface area contributed by atoms with Gasteiger partial charge in [0.1, 0.15) is 5.75 Å². The van der Waals surface area contributed by atoms with Gasteiger partial charge in [-0.25, -0.2) is 0 Å². The predicted octanol–water partition coefficient (Wildman–Crippen LogP) is 3.43. The summed E-state index contributed by atoms with van der Waals surface area (Å²) in [7, 11) is 3.49. The molecule has 0 amide bonds. The van der Waals surface area contributed by atoms with E-state index < -0.39 is 0 Å². The summed E-state index contributed by atoms with van der Waals surface area (Å²) in [5.41, 5.74) is 0.786. The molecular weight excluding hydrogens is 354 g/mol. The van der Waals surface area contributed by atoms with Crippen LogP contribution < -0.4 is 4.74 Å². The third-order valence-corrected chi connectivity index (χ3v) is 4.72. The van der Waals surface area contributed by atoms with Crippen molar-refractivity contribution in [2.75, 3.05) is 7.11 Å². The second kappa shape index (κ2) is 7.04. The smallest absolute Gasteiger partial charge is 0.237 e. The lowest BCUT2D eigenvalue weighted by Crippen LogP contribution is -1.94. The standard InChI is InChI=1S/C17H15N5O3S/c1-22-16(13-8-5-9-24-13)19-20-17(22)26-10-14-18-15(21-25-14)11-6-3-4-7-12(11)23-2/h3-9H,10H2,1-2H3. The summed E-state index contributed by atoms with van der Waals surface area (Å²) < 4.78 is 17.9. The molecule has 8 nitrogen and oxygen atoms in total. The minimum absolute atomic E-state index is 0.478. The molecule has 0 fully saturated rings. The molecule has 0 aliphatic carbocycles. The molecule has 9 heteroatoms. The Morgan fingerprint density at radius 2 is 2.04 bits per heavy atom. The minimum Gasteiger partial charge on any atom is -0.496 e. The third-order valence-electron chi connectivity index (χ3n) is 3.72. The number of nitrogens with zero attached hydrogens (tertiary/aromatic N) is 5. The van der Waals surface area contributed by atoms with E-state index in [1.807, 2.05) is 48.0 Å². The fraction of sp³-hybridized carbons (Fsp3) is 0.176. The summed E-state index contributed by atoms with van der Waals surface area (Å²) in [5.74, 6) is 3.50. The van der Waals surface area contributed by atoms with Crippen LogP contribution in [0.3, 0.4) is 0 Å². The molecule has 0 saturated heterocycles. The van der Waals surface area contributed by atoms with Crippen LogP contribution in [0.1, 0.15) is 5.89 Å². The van der Waals surface area contributed by atoms with Gasteiger partial charge in [0.05, 0.1) is 24.7 Å². The van der Waals surface area contributed by atoms with E-state index in [0.717, 1.165) is 10.7 Å². The fourth-order valence-electron chi connectivity index (χ4n) is 2.44. The number of thioether (sulfide) groups is 1. The van der Waals surface area contributed by atoms with E-state index in [4.69, 9.17) is 13.7 Å². The molecule has 0 aliphatic rings. The van der Waals surface area contributed by atoms with Crippen LogP contribution in [0, 0.1) is 0 Å². The Labute approximate surface area is 153 Å². The first-order valence-electron chi connectivity index (χ1n) is 7.78. The first-order valence-corrected chi connectivity index (χ1v) is 8.77. The number of hydrogen-bond acceptors (Lipinski definition) is 8. The Morgan fingerprint density at radius 1 is 1.15 bits per heavy atom. The van der Waals surface area contributed by atoms with Crippen LogP contribution >= 0.6 is 11.8 Å². The Morgan fingerprint density at radius 3 is 2.85 bits per heavy atom. The average molecular weight is 369 g/mol. The number of methoxy groups -OCH3 is 1. The summed E-state index contributed by atoms with van der Waals surface area (Å²) in [6, 6.07) is 11.2. The van der Waals surface area contributed by atoms with Crippen LogP contribution in [0.2, 0.25) is 0 Å². The molecule has 0 unspecified atom stereocenters. The van der Waals surface area contributed by atoms with E-state index in [1.54, 1.807) is 13.4 Å². The summed E-state index contributed by atoms with van der Waals surface area (Å²) in [6.07, 6.45) is 1.61. The molecule has 0 N–H and O–H groups in total. The second-order valence-electron chi connectivity index (χ2n) is 5.34. The molecule has 4 rings (SSSR count). The van der Waals surface area contributed by atoms with E-state index in [1.165, 1.54) is 11.8 Å². The summed E-state index contributed by atoms with van der Waals surface area (Å²) in [4.78, 5) is 4.44. The molecule has 132 valence electrons. The van der Waals surface area contributed by atoms with Crippen LogP contribution in [0.4, 0.5) is 0 Å². The summed E-state index contributed by atoms with van der Waals surface area (Å²) in [6.45, 7) is 0. The van der Waals surface area contributed by atoms with E-state index in [2.05, 4.69) is 20.3 Å². The minimum atomic E-state index is 0.478. The van der Waals surface area contributed by atoms with Crippen molar-refractivity contribution in [3.63, 3.8) is 0 Å². The van der Waals surface area contributed by atoms with Crippen LogP contribution in [-0.2, 0) is 12.8 Å². The molecule has 0 spiro atoms. The van der Waals surface area contributed by atoms with Gasteiger partial charge in [0.15, 0.2) is 16.7 Å². The van der Waals surface area contributed by atoms with Crippen molar-refractivity contribution in [2.45, 2.75) is 10.9 Å². The van der Waals surface area contributed by atoms with Crippen molar-refractivity contribution in [1.29, 1.82) is 0 Å².